The third kappa shape index (κ3) is 3.77. The number of phenols is 1. The fourth-order valence-electron chi connectivity index (χ4n) is 1.68. The second-order valence-corrected chi connectivity index (χ2v) is 5.00. The van der Waals surface area contributed by atoms with Crippen molar-refractivity contribution < 1.29 is 9.90 Å². The highest BCUT2D eigenvalue weighted by Gasteiger charge is 2.08. The number of rotatable bonds is 4. The quantitative estimate of drug-likeness (QED) is 0.760. The van der Waals surface area contributed by atoms with Crippen LogP contribution in [0.5, 0.6) is 5.75 Å². The highest BCUT2D eigenvalue weighted by molar-refractivity contribution is 6.30. The molecule has 108 valence electrons. The van der Waals surface area contributed by atoms with Crippen LogP contribution in [0.25, 0.3) is 5.70 Å². The largest absolute Gasteiger partial charge is 0.508 e. The molecule has 2 aromatic rings. The van der Waals surface area contributed by atoms with Crippen molar-refractivity contribution in [1.29, 1.82) is 0 Å². The lowest BCUT2D eigenvalue weighted by Crippen LogP contribution is -2.35. The van der Waals surface area contributed by atoms with E-state index in [1.807, 2.05) is 0 Å². The van der Waals surface area contributed by atoms with Crippen LogP contribution >= 0.6 is 11.6 Å². The average molecular weight is 303 g/mol. The molecule has 0 aliphatic rings. The van der Waals surface area contributed by atoms with Crippen molar-refractivity contribution >= 4 is 23.2 Å². The molecule has 2 aromatic carbocycles. The molecular weight excluding hydrogens is 288 g/mol. The number of benzene rings is 2. The first kappa shape index (κ1) is 14.9. The van der Waals surface area contributed by atoms with Gasteiger partial charge in [0, 0.05) is 10.6 Å². The number of aromatic hydroxyl groups is 1. The van der Waals surface area contributed by atoms with E-state index in [1.165, 1.54) is 6.07 Å². The van der Waals surface area contributed by atoms with Crippen LogP contribution in [0.4, 0.5) is 0 Å². The molecule has 0 bridgehead atoms. The molecule has 3 N–H and O–H groups in total. The molecule has 0 spiro atoms. The van der Waals surface area contributed by atoms with E-state index in [0.717, 1.165) is 5.56 Å². The Kier molecular flexibility index (Phi) is 4.50. The maximum absolute atomic E-state index is 12.0. The summed E-state index contributed by atoms with van der Waals surface area (Å²) >= 11 is 5.81. The third-order valence-electron chi connectivity index (χ3n) is 2.99. The van der Waals surface area contributed by atoms with Gasteiger partial charge < -0.3 is 5.11 Å². The molecule has 0 aromatic heterocycles. The Morgan fingerprint density at radius 1 is 1.10 bits per heavy atom. The summed E-state index contributed by atoms with van der Waals surface area (Å²) < 4.78 is 0. The van der Waals surface area contributed by atoms with Crippen LogP contribution in [0.3, 0.4) is 0 Å². The molecule has 0 aliphatic carbocycles. The summed E-state index contributed by atoms with van der Waals surface area (Å²) in [6, 6.07) is 11.8. The molecule has 2 rings (SSSR count). The van der Waals surface area contributed by atoms with E-state index in [0.29, 0.717) is 21.8 Å². The first-order valence-corrected chi connectivity index (χ1v) is 6.66. The monoisotopic (exact) mass is 302 g/mol. The van der Waals surface area contributed by atoms with Gasteiger partial charge in [0.1, 0.15) is 5.75 Å². The molecule has 0 saturated heterocycles. The summed E-state index contributed by atoms with van der Waals surface area (Å²) in [5.41, 5.74) is 7.68. The molecule has 0 radical (unpaired) electrons. The van der Waals surface area contributed by atoms with Gasteiger partial charge in [0.05, 0.1) is 5.70 Å². The van der Waals surface area contributed by atoms with Crippen molar-refractivity contribution in [2.45, 2.75) is 6.92 Å². The molecule has 0 aliphatic heterocycles. The Morgan fingerprint density at radius 3 is 2.33 bits per heavy atom. The Balaban J connectivity index is 1.98. The summed E-state index contributed by atoms with van der Waals surface area (Å²) in [6.07, 6.45) is 0. The molecule has 0 atom stereocenters. The number of hydrogen-bond acceptors (Lipinski definition) is 3. The lowest BCUT2D eigenvalue weighted by Gasteiger charge is -2.11. The van der Waals surface area contributed by atoms with E-state index in [1.54, 1.807) is 43.3 Å². The number of aryl methyl sites for hydroxylation is 1. The zero-order valence-corrected chi connectivity index (χ0v) is 12.2. The molecule has 5 heteroatoms. The molecule has 0 heterocycles. The maximum Gasteiger partial charge on any atom is 0.269 e. The van der Waals surface area contributed by atoms with Crippen LogP contribution in [0.2, 0.25) is 5.02 Å². The predicted octanol–water partition coefficient (Wildman–Crippen LogP) is 3.26. The molecule has 4 nitrogen and oxygen atoms in total. The highest BCUT2D eigenvalue weighted by Crippen LogP contribution is 2.17. The Bertz CT molecular complexity index is 681. The highest BCUT2D eigenvalue weighted by atomic mass is 35.5. The first-order chi connectivity index (χ1) is 9.97. The van der Waals surface area contributed by atoms with Crippen LogP contribution in [0.15, 0.2) is 49.0 Å². The molecule has 1 amide bonds. The van der Waals surface area contributed by atoms with Crippen molar-refractivity contribution in [2.24, 2.45) is 0 Å². The van der Waals surface area contributed by atoms with E-state index in [2.05, 4.69) is 17.4 Å². The number of hydrazine groups is 1. The smallest absolute Gasteiger partial charge is 0.269 e. The fourth-order valence-corrected chi connectivity index (χ4v) is 1.80. The Labute approximate surface area is 128 Å². The van der Waals surface area contributed by atoms with E-state index < -0.39 is 0 Å². The van der Waals surface area contributed by atoms with Crippen LogP contribution in [0, 0.1) is 6.92 Å². The van der Waals surface area contributed by atoms with Crippen LogP contribution < -0.4 is 10.9 Å². The lowest BCUT2D eigenvalue weighted by molar-refractivity contribution is 0.0942. The molecule has 21 heavy (non-hydrogen) atoms. The van der Waals surface area contributed by atoms with Gasteiger partial charge in [-0.2, -0.15) is 0 Å². The number of carbonyl (C=O) groups excluding carboxylic acids is 1. The van der Waals surface area contributed by atoms with E-state index in [-0.39, 0.29) is 11.7 Å². The maximum atomic E-state index is 12.0. The summed E-state index contributed by atoms with van der Waals surface area (Å²) in [7, 11) is 0. The lowest BCUT2D eigenvalue weighted by atomic mass is 10.1. The van der Waals surface area contributed by atoms with Gasteiger partial charge in [-0.1, -0.05) is 36.4 Å². The van der Waals surface area contributed by atoms with Gasteiger partial charge in [-0.15, -0.1) is 0 Å². The summed E-state index contributed by atoms with van der Waals surface area (Å²) in [5, 5.41) is 10.2. The van der Waals surface area contributed by atoms with Gasteiger partial charge in [-0.25, -0.2) is 0 Å². The third-order valence-corrected chi connectivity index (χ3v) is 3.24. The van der Waals surface area contributed by atoms with E-state index in [4.69, 9.17) is 11.6 Å². The SMILES string of the molecule is C=C(NNC(=O)c1ccc(C)c(O)c1)c1ccc(Cl)cc1. The summed E-state index contributed by atoms with van der Waals surface area (Å²) in [6.45, 7) is 5.60. The standard InChI is InChI=1S/C16H15ClN2O2/c1-10-3-4-13(9-15(10)20)16(21)19-18-11(2)12-5-7-14(17)8-6-12/h3-9,18,20H,2H2,1H3,(H,19,21). The van der Waals surface area contributed by atoms with Crippen molar-refractivity contribution in [2.75, 3.05) is 0 Å². The van der Waals surface area contributed by atoms with Crippen LogP contribution in [0.1, 0.15) is 21.5 Å². The minimum Gasteiger partial charge on any atom is -0.508 e. The zero-order valence-electron chi connectivity index (χ0n) is 11.5. The molecule has 0 unspecified atom stereocenters. The van der Waals surface area contributed by atoms with Crippen LogP contribution in [-0.4, -0.2) is 11.0 Å². The van der Waals surface area contributed by atoms with Gasteiger partial charge in [0.15, 0.2) is 0 Å². The second-order valence-electron chi connectivity index (χ2n) is 4.57. The number of phenolic OH excluding ortho intramolecular Hbond substituents is 1. The number of amides is 1. The minimum atomic E-state index is -0.361. The van der Waals surface area contributed by atoms with Gasteiger partial charge in [-0.3, -0.25) is 15.6 Å². The average Bonchev–Trinajstić information content (AvgIpc) is 2.48. The van der Waals surface area contributed by atoms with Crippen LogP contribution in [-0.2, 0) is 0 Å². The number of carbonyl (C=O) groups is 1. The molecule has 0 saturated carbocycles. The van der Waals surface area contributed by atoms with Gasteiger partial charge in [-0.05, 0) is 42.3 Å². The number of nitrogens with one attached hydrogen (secondary N) is 2. The van der Waals surface area contributed by atoms with Crippen molar-refractivity contribution in [3.05, 3.63) is 70.8 Å². The van der Waals surface area contributed by atoms with Gasteiger partial charge >= 0.3 is 0 Å². The minimum absolute atomic E-state index is 0.0826. The molecule has 0 fully saturated rings. The predicted molar refractivity (Wildman–Crippen MR) is 83.9 cm³/mol. The number of halogens is 1. The molecular formula is C16H15ClN2O2. The van der Waals surface area contributed by atoms with Gasteiger partial charge in [0.2, 0.25) is 0 Å². The number of hydrogen-bond donors (Lipinski definition) is 3. The first-order valence-electron chi connectivity index (χ1n) is 6.28. The Hall–Kier alpha value is -2.46. The normalized spacial score (nSPS) is 10.0. The van der Waals surface area contributed by atoms with Crippen molar-refractivity contribution in [3.63, 3.8) is 0 Å². The van der Waals surface area contributed by atoms with E-state index >= 15 is 0 Å². The van der Waals surface area contributed by atoms with Gasteiger partial charge in [0.25, 0.3) is 5.91 Å². The zero-order chi connectivity index (χ0) is 15.4. The van der Waals surface area contributed by atoms with Crippen molar-refractivity contribution in [3.8, 4) is 5.75 Å². The van der Waals surface area contributed by atoms with E-state index in [9.17, 15) is 9.90 Å². The topological polar surface area (TPSA) is 61.4 Å². The Morgan fingerprint density at radius 2 is 1.71 bits per heavy atom. The fraction of sp³-hybridized carbons (Fsp3) is 0.0625. The van der Waals surface area contributed by atoms with Crippen molar-refractivity contribution in [1.82, 2.24) is 10.9 Å². The summed E-state index contributed by atoms with van der Waals surface area (Å²) in [5.74, 6) is -0.278. The summed E-state index contributed by atoms with van der Waals surface area (Å²) in [4.78, 5) is 12.0. The second kappa shape index (κ2) is 6.33.